The quantitative estimate of drug-likeness (QED) is 0.287. The van der Waals surface area contributed by atoms with Crippen LogP contribution < -0.4 is 10.6 Å². The van der Waals surface area contributed by atoms with Gasteiger partial charge in [-0.05, 0) is 44.3 Å². The third-order valence-electron chi connectivity index (χ3n) is 7.31. The van der Waals surface area contributed by atoms with Gasteiger partial charge in [-0.1, -0.05) is 36.8 Å². The molecule has 7 nitrogen and oxygen atoms in total. The lowest BCUT2D eigenvalue weighted by atomic mass is 9.84. The topological polar surface area (TPSA) is 63.2 Å². The molecule has 2 heterocycles. The van der Waals surface area contributed by atoms with Gasteiger partial charge >= 0.3 is 0 Å². The number of guanidine groups is 1. The number of hydrogen-bond acceptors (Lipinski definition) is 4. The van der Waals surface area contributed by atoms with E-state index >= 15 is 0 Å². The zero-order valence-corrected chi connectivity index (χ0v) is 22.4. The second kappa shape index (κ2) is 13.5. The monoisotopic (exact) mass is 568 g/mol. The minimum Gasteiger partial charge on any atom is -0.355 e. The Hall–Kier alpha value is -1.39. The molecule has 1 unspecified atom stereocenters. The standard InChI is InChI=1S/C25H40N6O.HI/c1-26-25(28-20-23(30-13-5-6-14-30)21-8-3-2-4-9-21)27-12-15-29-16-18-31(19-17-29)24(32)22-10-7-11-22;/h2-4,8-9,22-23H,5-7,10-20H2,1H3,(H2,26,27,28);1H. The number of nitrogens with one attached hydrogen (secondary N) is 2. The number of carbonyl (C=O) groups is 1. The lowest BCUT2D eigenvalue weighted by Crippen LogP contribution is -2.52. The molecule has 0 spiro atoms. The largest absolute Gasteiger partial charge is 0.355 e. The minimum absolute atomic E-state index is 0. The van der Waals surface area contributed by atoms with Crippen molar-refractivity contribution in [1.29, 1.82) is 0 Å². The van der Waals surface area contributed by atoms with Crippen molar-refractivity contribution in [2.45, 2.75) is 38.1 Å². The molecule has 2 saturated heterocycles. The summed E-state index contributed by atoms with van der Waals surface area (Å²) in [7, 11) is 1.84. The van der Waals surface area contributed by atoms with E-state index < -0.39 is 0 Å². The zero-order valence-electron chi connectivity index (χ0n) is 20.0. The van der Waals surface area contributed by atoms with Gasteiger partial charge in [-0.25, -0.2) is 0 Å². The summed E-state index contributed by atoms with van der Waals surface area (Å²) >= 11 is 0. The number of likely N-dealkylation sites (tertiary alicyclic amines) is 1. The number of amides is 1. The Balaban J connectivity index is 0.00000306. The van der Waals surface area contributed by atoms with Crippen molar-refractivity contribution < 1.29 is 4.79 Å². The Labute approximate surface area is 216 Å². The van der Waals surface area contributed by atoms with Gasteiger partial charge in [0, 0.05) is 58.8 Å². The lowest BCUT2D eigenvalue weighted by Gasteiger charge is -2.38. The summed E-state index contributed by atoms with van der Waals surface area (Å²) in [5.74, 6) is 1.58. The van der Waals surface area contributed by atoms with Crippen LogP contribution >= 0.6 is 24.0 Å². The zero-order chi connectivity index (χ0) is 22.2. The smallest absolute Gasteiger partial charge is 0.225 e. The number of hydrogen-bond donors (Lipinski definition) is 2. The van der Waals surface area contributed by atoms with E-state index in [1.54, 1.807) is 0 Å². The Morgan fingerprint density at radius 3 is 2.30 bits per heavy atom. The summed E-state index contributed by atoms with van der Waals surface area (Å²) in [5, 5.41) is 7.04. The first-order valence-corrected chi connectivity index (χ1v) is 12.5. The van der Waals surface area contributed by atoms with Crippen LogP contribution in [0, 0.1) is 5.92 Å². The van der Waals surface area contributed by atoms with Gasteiger partial charge in [-0.2, -0.15) is 0 Å². The molecule has 1 aromatic carbocycles. The molecule has 0 radical (unpaired) electrons. The van der Waals surface area contributed by atoms with Gasteiger partial charge in [-0.3, -0.25) is 19.6 Å². The van der Waals surface area contributed by atoms with Crippen molar-refractivity contribution in [3.8, 4) is 0 Å². The van der Waals surface area contributed by atoms with Crippen LogP contribution in [0.25, 0.3) is 0 Å². The molecule has 1 saturated carbocycles. The number of carbonyl (C=O) groups excluding carboxylic acids is 1. The van der Waals surface area contributed by atoms with E-state index in [0.29, 0.717) is 17.9 Å². The predicted octanol–water partition coefficient (Wildman–Crippen LogP) is 2.55. The molecule has 33 heavy (non-hydrogen) atoms. The van der Waals surface area contributed by atoms with E-state index in [1.165, 1.54) is 37.9 Å². The Kier molecular flexibility index (Phi) is 10.7. The molecule has 1 aliphatic carbocycles. The van der Waals surface area contributed by atoms with E-state index in [4.69, 9.17) is 0 Å². The van der Waals surface area contributed by atoms with E-state index in [1.807, 2.05) is 7.05 Å². The number of rotatable bonds is 8. The second-order valence-electron chi connectivity index (χ2n) is 9.34. The van der Waals surface area contributed by atoms with E-state index in [2.05, 4.69) is 60.7 Å². The predicted molar refractivity (Wildman–Crippen MR) is 145 cm³/mol. The van der Waals surface area contributed by atoms with E-state index in [-0.39, 0.29) is 24.0 Å². The van der Waals surface area contributed by atoms with Crippen molar-refractivity contribution in [3.63, 3.8) is 0 Å². The second-order valence-corrected chi connectivity index (χ2v) is 9.34. The first-order valence-electron chi connectivity index (χ1n) is 12.5. The van der Waals surface area contributed by atoms with Crippen LogP contribution in [0.3, 0.4) is 0 Å². The summed E-state index contributed by atoms with van der Waals surface area (Å²) in [6, 6.07) is 11.2. The van der Waals surface area contributed by atoms with E-state index in [9.17, 15) is 4.79 Å². The minimum atomic E-state index is 0. The molecule has 2 N–H and O–H groups in total. The van der Waals surface area contributed by atoms with Crippen LogP contribution in [0.15, 0.2) is 35.3 Å². The Bertz CT molecular complexity index is 743. The number of nitrogens with zero attached hydrogens (tertiary/aromatic N) is 4. The molecule has 3 fully saturated rings. The summed E-state index contributed by atoms with van der Waals surface area (Å²) in [6.45, 7) is 8.70. The molecular formula is C25H41IN6O. The molecular weight excluding hydrogens is 527 g/mol. The number of piperazine rings is 1. The van der Waals surface area contributed by atoms with Gasteiger partial charge in [-0.15, -0.1) is 24.0 Å². The van der Waals surface area contributed by atoms with Crippen LogP contribution in [0.5, 0.6) is 0 Å². The number of benzene rings is 1. The van der Waals surface area contributed by atoms with Crippen molar-refractivity contribution in [2.24, 2.45) is 10.9 Å². The Morgan fingerprint density at radius 1 is 1.00 bits per heavy atom. The molecule has 184 valence electrons. The fourth-order valence-corrected chi connectivity index (χ4v) is 5.04. The van der Waals surface area contributed by atoms with Crippen LogP contribution in [0.4, 0.5) is 0 Å². The van der Waals surface area contributed by atoms with Crippen LogP contribution in [0.1, 0.15) is 43.7 Å². The first-order chi connectivity index (χ1) is 15.7. The average Bonchev–Trinajstić information content (AvgIpc) is 3.32. The number of halogens is 1. The molecule has 1 atom stereocenters. The van der Waals surface area contributed by atoms with Crippen LogP contribution in [0.2, 0.25) is 0 Å². The third kappa shape index (κ3) is 7.29. The van der Waals surface area contributed by atoms with E-state index in [0.717, 1.165) is 64.6 Å². The fourth-order valence-electron chi connectivity index (χ4n) is 5.04. The number of aliphatic imine (C=N–C) groups is 1. The Morgan fingerprint density at radius 2 is 1.70 bits per heavy atom. The fraction of sp³-hybridized carbons (Fsp3) is 0.680. The van der Waals surface area contributed by atoms with Gasteiger partial charge in [0.25, 0.3) is 0 Å². The molecule has 0 bridgehead atoms. The van der Waals surface area contributed by atoms with Crippen molar-refractivity contribution in [2.75, 3.05) is 66.0 Å². The molecule has 1 aromatic rings. The summed E-state index contributed by atoms with van der Waals surface area (Å²) in [6.07, 6.45) is 5.99. The molecule has 2 aliphatic heterocycles. The van der Waals surface area contributed by atoms with Crippen molar-refractivity contribution in [3.05, 3.63) is 35.9 Å². The summed E-state index contributed by atoms with van der Waals surface area (Å²) in [4.78, 5) is 24.0. The van der Waals surface area contributed by atoms with Gasteiger partial charge in [0.05, 0.1) is 6.04 Å². The lowest BCUT2D eigenvalue weighted by molar-refractivity contribution is -0.139. The average molecular weight is 569 g/mol. The van der Waals surface area contributed by atoms with Gasteiger partial charge in [0.1, 0.15) is 0 Å². The summed E-state index contributed by atoms with van der Waals surface area (Å²) in [5.41, 5.74) is 1.37. The molecule has 4 rings (SSSR count). The highest BCUT2D eigenvalue weighted by Gasteiger charge is 2.31. The SMILES string of the molecule is CN=C(NCCN1CCN(C(=O)C2CCC2)CC1)NCC(c1ccccc1)N1CCCC1.I. The maximum Gasteiger partial charge on any atom is 0.225 e. The van der Waals surface area contributed by atoms with Crippen molar-refractivity contribution in [1.82, 2.24) is 25.3 Å². The van der Waals surface area contributed by atoms with Gasteiger partial charge < -0.3 is 15.5 Å². The highest BCUT2D eigenvalue weighted by molar-refractivity contribution is 14.0. The van der Waals surface area contributed by atoms with Crippen LogP contribution in [-0.2, 0) is 4.79 Å². The first kappa shape index (κ1) is 26.2. The molecule has 1 amide bonds. The summed E-state index contributed by atoms with van der Waals surface area (Å²) < 4.78 is 0. The normalized spacial score (nSPS) is 21.2. The molecule has 8 heteroatoms. The van der Waals surface area contributed by atoms with Crippen LogP contribution in [-0.4, -0.2) is 92.5 Å². The third-order valence-corrected chi connectivity index (χ3v) is 7.31. The maximum atomic E-state index is 12.4. The molecule has 3 aliphatic rings. The molecule has 0 aromatic heterocycles. The highest BCUT2D eigenvalue weighted by atomic mass is 127. The van der Waals surface area contributed by atoms with Gasteiger partial charge in [0.2, 0.25) is 5.91 Å². The van der Waals surface area contributed by atoms with Gasteiger partial charge in [0.15, 0.2) is 5.96 Å². The maximum absolute atomic E-state index is 12.4. The highest BCUT2D eigenvalue weighted by Crippen LogP contribution is 2.28. The van der Waals surface area contributed by atoms with Crippen molar-refractivity contribution >= 4 is 35.8 Å².